The van der Waals surface area contributed by atoms with Crippen LogP contribution in [0.3, 0.4) is 0 Å². The molecule has 0 aromatic heterocycles. The van der Waals surface area contributed by atoms with Crippen LogP contribution in [0, 0.1) is 24.0 Å². The number of nitro groups is 1. The minimum atomic E-state index is -0.455. The number of non-ortho nitro benzene ring substituents is 1. The summed E-state index contributed by atoms with van der Waals surface area (Å²) in [5, 5.41) is 10.7. The molecule has 1 saturated heterocycles. The summed E-state index contributed by atoms with van der Waals surface area (Å²) in [7, 11) is 0. The van der Waals surface area contributed by atoms with Crippen LogP contribution in [0.15, 0.2) is 47.4 Å². The topological polar surface area (TPSA) is 63.5 Å². The van der Waals surface area contributed by atoms with Crippen molar-refractivity contribution in [2.45, 2.75) is 13.8 Å². The number of hydrogen-bond acceptors (Lipinski definition) is 5. The first-order valence-corrected chi connectivity index (χ1v) is 8.69. The van der Waals surface area contributed by atoms with Crippen LogP contribution in [0.25, 0.3) is 6.08 Å². The summed E-state index contributed by atoms with van der Waals surface area (Å²) in [5.74, 6) is -0.184. The van der Waals surface area contributed by atoms with E-state index in [1.165, 1.54) is 28.8 Å². The number of nitro benzene ring substituents is 1. The number of benzene rings is 2. The predicted octanol–water partition coefficient (Wildman–Crippen LogP) is 4.62. The van der Waals surface area contributed by atoms with E-state index in [9.17, 15) is 14.9 Å². The van der Waals surface area contributed by atoms with Gasteiger partial charge in [-0.15, -0.1) is 0 Å². The number of hydrogen-bond donors (Lipinski definition) is 0. The van der Waals surface area contributed by atoms with Crippen molar-refractivity contribution in [3.8, 4) is 0 Å². The van der Waals surface area contributed by atoms with Crippen LogP contribution in [0.5, 0.6) is 0 Å². The number of rotatable bonds is 3. The predicted molar refractivity (Wildman–Crippen MR) is 105 cm³/mol. The van der Waals surface area contributed by atoms with E-state index in [2.05, 4.69) is 0 Å². The van der Waals surface area contributed by atoms with Crippen molar-refractivity contribution >= 4 is 51.7 Å². The van der Waals surface area contributed by atoms with Gasteiger partial charge in [-0.1, -0.05) is 30.0 Å². The molecule has 0 atom stereocenters. The van der Waals surface area contributed by atoms with Gasteiger partial charge in [-0.2, -0.15) is 0 Å². The van der Waals surface area contributed by atoms with E-state index >= 15 is 0 Å². The molecule has 3 rings (SSSR count). The molecule has 0 radical (unpaired) electrons. The van der Waals surface area contributed by atoms with Crippen molar-refractivity contribution in [3.63, 3.8) is 0 Å². The monoisotopic (exact) mass is 370 g/mol. The second-order valence-corrected chi connectivity index (χ2v) is 7.31. The lowest BCUT2D eigenvalue weighted by Crippen LogP contribution is -2.27. The molecule has 25 heavy (non-hydrogen) atoms. The Morgan fingerprint density at radius 3 is 2.40 bits per heavy atom. The maximum absolute atomic E-state index is 12.7. The Hall–Kier alpha value is -2.51. The number of carbonyl (C=O) groups is 1. The molecule has 0 saturated carbocycles. The quantitative estimate of drug-likeness (QED) is 0.341. The second kappa shape index (κ2) is 6.78. The van der Waals surface area contributed by atoms with Crippen LogP contribution in [-0.4, -0.2) is 15.2 Å². The Morgan fingerprint density at radius 2 is 1.80 bits per heavy atom. The first-order chi connectivity index (χ1) is 11.9. The van der Waals surface area contributed by atoms with Gasteiger partial charge in [0.25, 0.3) is 11.6 Å². The van der Waals surface area contributed by atoms with Gasteiger partial charge in [-0.05, 0) is 60.9 Å². The van der Waals surface area contributed by atoms with Crippen LogP contribution >= 0.6 is 24.0 Å². The zero-order valence-corrected chi connectivity index (χ0v) is 15.2. The molecular formula is C18H14N2O3S2. The van der Waals surface area contributed by atoms with Gasteiger partial charge in [-0.3, -0.25) is 19.8 Å². The van der Waals surface area contributed by atoms with Gasteiger partial charge in [-0.25, -0.2) is 0 Å². The fourth-order valence-corrected chi connectivity index (χ4v) is 3.70. The molecule has 7 heteroatoms. The molecule has 126 valence electrons. The number of anilines is 1. The molecule has 2 aromatic carbocycles. The van der Waals surface area contributed by atoms with Gasteiger partial charge in [0.05, 0.1) is 15.5 Å². The lowest BCUT2D eigenvalue weighted by atomic mass is 10.1. The number of thiocarbonyl (C=S) groups is 1. The molecule has 0 aliphatic carbocycles. The van der Waals surface area contributed by atoms with E-state index < -0.39 is 4.92 Å². The van der Waals surface area contributed by atoms with Gasteiger partial charge >= 0.3 is 0 Å². The highest BCUT2D eigenvalue weighted by atomic mass is 32.2. The lowest BCUT2D eigenvalue weighted by Gasteiger charge is -2.15. The van der Waals surface area contributed by atoms with E-state index in [1.807, 2.05) is 32.0 Å². The Kier molecular flexibility index (Phi) is 4.69. The summed E-state index contributed by atoms with van der Waals surface area (Å²) < 4.78 is 0.474. The normalized spacial score (nSPS) is 15.9. The highest BCUT2D eigenvalue weighted by Crippen LogP contribution is 2.36. The minimum Gasteiger partial charge on any atom is -0.268 e. The molecule has 2 aromatic rings. The van der Waals surface area contributed by atoms with Gasteiger partial charge in [0, 0.05) is 12.1 Å². The third-order valence-corrected chi connectivity index (χ3v) is 5.25. The third-order valence-electron chi connectivity index (χ3n) is 3.94. The number of amides is 1. The maximum Gasteiger partial charge on any atom is 0.270 e. The largest absolute Gasteiger partial charge is 0.270 e. The van der Waals surface area contributed by atoms with Crippen molar-refractivity contribution in [1.82, 2.24) is 0 Å². The molecule has 0 unspecified atom stereocenters. The zero-order valence-electron chi connectivity index (χ0n) is 13.6. The molecule has 1 heterocycles. The Balaban J connectivity index is 1.90. The molecule has 0 bridgehead atoms. The maximum atomic E-state index is 12.7. The van der Waals surface area contributed by atoms with Gasteiger partial charge in [0.1, 0.15) is 0 Å². The summed E-state index contributed by atoms with van der Waals surface area (Å²) >= 11 is 6.59. The molecule has 5 nitrogen and oxygen atoms in total. The highest BCUT2D eigenvalue weighted by molar-refractivity contribution is 8.27. The van der Waals surface area contributed by atoms with Crippen molar-refractivity contribution in [2.75, 3.05) is 4.90 Å². The van der Waals surface area contributed by atoms with Crippen LogP contribution < -0.4 is 4.90 Å². The van der Waals surface area contributed by atoms with Gasteiger partial charge in [0.15, 0.2) is 4.32 Å². The van der Waals surface area contributed by atoms with Crippen molar-refractivity contribution < 1.29 is 9.72 Å². The van der Waals surface area contributed by atoms with E-state index in [1.54, 1.807) is 18.2 Å². The van der Waals surface area contributed by atoms with E-state index in [4.69, 9.17) is 12.2 Å². The molecule has 0 N–H and O–H groups in total. The smallest absolute Gasteiger partial charge is 0.268 e. The first kappa shape index (κ1) is 17.3. The lowest BCUT2D eigenvalue weighted by molar-refractivity contribution is -0.384. The van der Waals surface area contributed by atoms with Crippen molar-refractivity contribution in [1.29, 1.82) is 0 Å². The molecular weight excluding hydrogens is 356 g/mol. The van der Waals surface area contributed by atoms with E-state index in [0.29, 0.717) is 14.8 Å². The average Bonchev–Trinajstić information content (AvgIpc) is 2.85. The Labute approximate surface area is 154 Å². The molecule has 1 amide bonds. The van der Waals surface area contributed by atoms with Crippen LogP contribution in [0.4, 0.5) is 11.4 Å². The second-order valence-electron chi connectivity index (χ2n) is 5.63. The zero-order chi connectivity index (χ0) is 18.1. The average molecular weight is 370 g/mol. The molecule has 1 aliphatic rings. The third kappa shape index (κ3) is 3.47. The number of carbonyl (C=O) groups excluding carboxylic acids is 1. The fourth-order valence-electron chi connectivity index (χ4n) is 2.40. The summed E-state index contributed by atoms with van der Waals surface area (Å²) in [4.78, 5) is 25.0. The summed E-state index contributed by atoms with van der Waals surface area (Å²) in [6, 6.07) is 11.8. The molecule has 1 fully saturated rings. The van der Waals surface area contributed by atoms with Gasteiger partial charge in [0.2, 0.25) is 0 Å². The first-order valence-electron chi connectivity index (χ1n) is 7.46. The fraction of sp³-hybridized carbons (Fsp3) is 0.111. The van der Waals surface area contributed by atoms with Crippen LogP contribution in [0.2, 0.25) is 0 Å². The Bertz CT molecular complexity index is 920. The standard InChI is InChI=1S/C18H14N2O3S2/c1-11-3-6-15(9-12(11)2)19-17(21)16(25-18(19)24)10-13-4-7-14(8-5-13)20(22)23/h3-10H,1-2H3/b16-10+. The van der Waals surface area contributed by atoms with Gasteiger partial charge < -0.3 is 0 Å². The Morgan fingerprint density at radius 1 is 1.12 bits per heavy atom. The highest BCUT2D eigenvalue weighted by Gasteiger charge is 2.33. The van der Waals surface area contributed by atoms with Crippen LogP contribution in [-0.2, 0) is 4.79 Å². The minimum absolute atomic E-state index is 0.0137. The van der Waals surface area contributed by atoms with Crippen LogP contribution in [0.1, 0.15) is 16.7 Å². The van der Waals surface area contributed by atoms with E-state index in [-0.39, 0.29) is 11.6 Å². The summed E-state index contributed by atoms with van der Waals surface area (Å²) in [6.45, 7) is 4.00. The van der Waals surface area contributed by atoms with Crippen molar-refractivity contribution in [3.05, 3.63) is 74.2 Å². The number of aryl methyl sites for hydroxylation is 2. The SMILES string of the molecule is Cc1ccc(N2C(=O)/C(=C\c3ccc([N+](=O)[O-])cc3)SC2=S)cc1C. The van der Waals surface area contributed by atoms with E-state index in [0.717, 1.165) is 16.8 Å². The molecule has 1 aliphatic heterocycles. The number of thioether (sulfide) groups is 1. The molecule has 0 spiro atoms. The number of nitrogens with zero attached hydrogens (tertiary/aromatic N) is 2. The summed E-state index contributed by atoms with van der Waals surface area (Å²) in [6.07, 6.45) is 1.70. The van der Waals surface area contributed by atoms with Crippen molar-refractivity contribution in [2.24, 2.45) is 0 Å². The summed E-state index contributed by atoms with van der Waals surface area (Å²) in [5.41, 5.74) is 3.71.